The number of fused-ring (bicyclic) bond motifs is 5. The molecule has 6 aliphatic rings. The topological polar surface area (TPSA) is 155 Å². The molecule has 0 spiro atoms. The number of nitrogens with one attached hydrogen (secondary N) is 2. The lowest BCUT2D eigenvalue weighted by atomic mass is 9.90. The molecule has 4 fully saturated rings. The molecule has 1 saturated carbocycles. The molecule has 3 aromatic rings. The summed E-state index contributed by atoms with van der Waals surface area (Å²) in [6, 6.07) is 14.5. The fourth-order valence-electron chi connectivity index (χ4n) is 9.57. The summed E-state index contributed by atoms with van der Waals surface area (Å²) in [5.74, 6) is 2.31. The van der Waals surface area contributed by atoms with Crippen molar-refractivity contribution in [1.29, 1.82) is 0 Å². The van der Waals surface area contributed by atoms with Crippen LogP contribution in [-0.2, 0) is 9.59 Å². The van der Waals surface area contributed by atoms with Gasteiger partial charge in [0.05, 0.1) is 28.6 Å². The minimum Gasteiger partial charge on any atom is -0.507 e. The Kier molecular flexibility index (Phi) is 10.7. The molecule has 9 rings (SSSR count). The van der Waals surface area contributed by atoms with Gasteiger partial charge >= 0.3 is 0 Å². The SMILES string of the molecule is CN1CCN2c3cc(-c4ccccc4O)nnc3NCC2C1.CNC(=O)C(CCC=O)N1C(=O)c2ccc(N3CCC(CN4CC5CC5C4)CC3C)cc2C1=O. The number of phenols is 1. The number of rotatable bonds is 9. The Morgan fingerprint density at radius 3 is 2.50 bits per heavy atom. The van der Waals surface area contributed by atoms with E-state index in [4.69, 9.17) is 0 Å². The fourth-order valence-corrected chi connectivity index (χ4v) is 9.57. The van der Waals surface area contributed by atoms with Crippen LogP contribution < -0.4 is 20.4 Å². The highest BCUT2D eigenvalue weighted by Crippen LogP contribution is 2.45. The van der Waals surface area contributed by atoms with Crippen molar-refractivity contribution in [1.82, 2.24) is 30.2 Å². The van der Waals surface area contributed by atoms with Crippen LogP contribution in [0, 0.1) is 17.8 Å². The number of piperazine rings is 1. The molecular weight excluding hydrogens is 711 g/mol. The number of nitrogens with zero attached hydrogens (tertiary/aromatic N) is 7. The standard InChI is InChI=1S/C26H34N4O4.C16H19N5O/c1-16-10-17(13-28-14-18-11-19(18)15-28)7-8-29(16)20-5-6-21-22(12-20)26(34)30(25(21)33)23(4-3-9-31)24(32)27-2;1-20-6-7-21-11(10-20)9-17-16-14(21)8-13(18-19-16)12-4-2-3-5-15(12)22/h5-6,9,12,16-19,23H,3-4,7-8,10-11,13-15H2,1-2H3,(H,27,32);2-5,8,11,22H,6-7,9-10H2,1H3,(H,17,19). The van der Waals surface area contributed by atoms with Crippen LogP contribution in [0.25, 0.3) is 11.3 Å². The Bertz CT molecular complexity index is 1980. The summed E-state index contributed by atoms with van der Waals surface area (Å²) >= 11 is 0. The molecule has 6 heterocycles. The summed E-state index contributed by atoms with van der Waals surface area (Å²) in [5.41, 5.74) is 4.11. The van der Waals surface area contributed by atoms with E-state index in [1.165, 1.54) is 33.1 Å². The number of phenolic OH excluding ortho intramolecular Hbond substituents is 1. The first-order chi connectivity index (χ1) is 27.1. The molecule has 3 N–H and O–H groups in total. The predicted octanol–water partition coefficient (Wildman–Crippen LogP) is 3.33. The van der Waals surface area contributed by atoms with Crippen molar-refractivity contribution >= 4 is 41.2 Å². The minimum atomic E-state index is -0.989. The second kappa shape index (κ2) is 15.8. The highest BCUT2D eigenvalue weighted by Gasteiger charge is 2.46. The van der Waals surface area contributed by atoms with Crippen LogP contribution in [0.1, 0.15) is 59.7 Å². The van der Waals surface area contributed by atoms with Crippen molar-refractivity contribution in [2.45, 2.75) is 57.2 Å². The van der Waals surface area contributed by atoms with Crippen molar-refractivity contribution in [3.05, 3.63) is 59.7 Å². The first kappa shape index (κ1) is 37.8. The summed E-state index contributed by atoms with van der Waals surface area (Å²) in [4.78, 5) is 60.3. The van der Waals surface area contributed by atoms with Gasteiger partial charge in [-0.25, -0.2) is 0 Å². The monoisotopic (exact) mass is 763 g/mol. The van der Waals surface area contributed by atoms with Gasteiger partial charge in [-0.1, -0.05) is 12.1 Å². The zero-order valence-corrected chi connectivity index (χ0v) is 32.6. The number of aromatic hydroxyl groups is 1. The number of para-hydroxylation sites is 1. The molecule has 56 heavy (non-hydrogen) atoms. The van der Waals surface area contributed by atoms with Gasteiger partial charge in [-0.15, -0.1) is 10.2 Å². The maximum Gasteiger partial charge on any atom is 0.262 e. The van der Waals surface area contributed by atoms with Crippen LogP contribution >= 0.6 is 0 Å². The molecule has 5 aliphatic heterocycles. The number of aromatic nitrogens is 2. The molecule has 1 aromatic heterocycles. The number of hydrogen-bond acceptors (Lipinski definition) is 12. The summed E-state index contributed by atoms with van der Waals surface area (Å²) in [7, 11) is 3.62. The quantitative estimate of drug-likeness (QED) is 0.217. The van der Waals surface area contributed by atoms with E-state index in [-0.39, 0.29) is 18.6 Å². The molecular formula is C42H53N9O5. The maximum atomic E-state index is 13.2. The van der Waals surface area contributed by atoms with Gasteiger partial charge in [0.15, 0.2) is 5.82 Å². The second-order valence-electron chi connectivity index (χ2n) is 16.5. The number of imide groups is 1. The van der Waals surface area contributed by atoms with Crippen molar-refractivity contribution in [3.8, 4) is 17.0 Å². The van der Waals surface area contributed by atoms with E-state index in [1.54, 1.807) is 18.2 Å². The van der Waals surface area contributed by atoms with Crippen molar-refractivity contribution < 1.29 is 24.3 Å². The van der Waals surface area contributed by atoms with Gasteiger partial charge in [-0.05, 0) is 93.8 Å². The Hall–Kier alpha value is -5.08. The van der Waals surface area contributed by atoms with Gasteiger partial charge in [0, 0.05) is 83.1 Å². The molecule has 6 atom stereocenters. The summed E-state index contributed by atoms with van der Waals surface area (Å²) in [6.07, 6.45) is 4.59. The second-order valence-corrected chi connectivity index (χ2v) is 16.5. The number of carbonyl (C=O) groups is 4. The Labute approximate surface area is 328 Å². The van der Waals surface area contributed by atoms with Crippen molar-refractivity contribution in [2.75, 3.05) is 81.6 Å². The molecule has 3 saturated heterocycles. The van der Waals surface area contributed by atoms with Gasteiger partial charge < -0.3 is 40.1 Å². The number of aldehydes is 1. The number of hydrogen-bond donors (Lipinski definition) is 3. The molecule has 14 nitrogen and oxygen atoms in total. The normalized spacial score (nSPS) is 25.9. The molecule has 0 radical (unpaired) electrons. The Balaban J connectivity index is 0.000000172. The van der Waals surface area contributed by atoms with E-state index < -0.39 is 23.8 Å². The summed E-state index contributed by atoms with van der Waals surface area (Å²) in [6.45, 7) is 10.9. The van der Waals surface area contributed by atoms with Crippen LogP contribution in [0.15, 0.2) is 48.5 Å². The third-order valence-electron chi connectivity index (χ3n) is 12.7. The molecule has 296 valence electrons. The number of likely N-dealkylation sites (N-methyl/N-ethyl adjacent to an activating group) is 2. The van der Waals surface area contributed by atoms with E-state index in [9.17, 15) is 24.3 Å². The third kappa shape index (κ3) is 7.43. The fraction of sp³-hybridized carbons (Fsp3) is 0.524. The molecule has 14 heteroatoms. The van der Waals surface area contributed by atoms with Crippen LogP contribution in [0.2, 0.25) is 0 Å². The maximum absolute atomic E-state index is 13.2. The van der Waals surface area contributed by atoms with Crippen LogP contribution in [0.4, 0.5) is 17.2 Å². The van der Waals surface area contributed by atoms with E-state index >= 15 is 0 Å². The molecule has 1 aliphatic carbocycles. The van der Waals surface area contributed by atoms with Gasteiger partial charge in [-0.3, -0.25) is 19.3 Å². The Morgan fingerprint density at radius 1 is 0.964 bits per heavy atom. The van der Waals surface area contributed by atoms with Gasteiger partial charge in [0.2, 0.25) is 5.91 Å². The highest BCUT2D eigenvalue weighted by atomic mass is 16.3. The number of carbonyl (C=O) groups excluding carboxylic acids is 4. The number of amides is 3. The number of piperidine rings is 2. The van der Waals surface area contributed by atoms with Crippen LogP contribution in [0.3, 0.4) is 0 Å². The van der Waals surface area contributed by atoms with E-state index in [0.717, 1.165) is 79.5 Å². The average Bonchev–Trinajstić information content (AvgIpc) is 3.74. The first-order valence-electron chi connectivity index (χ1n) is 20.1. The molecule has 6 unspecified atom stereocenters. The summed E-state index contributed by atoms with van der Waals surface area (Å²) in [5, 5.41) is 24.5. The van der Waals surface area contributed by atoms with E-state index in [2.05, 4.69) is 54.4 Å². The number of likely N-dealkylation sites (tertiary alicyclic amines) is 1. The van der Waals surface area contributed by atoms with Gasteiger partial charge in [-0.2, -0.15) is 0 Å². The largest absolute Gasteiger partial charge is 0.507 e. The number of benzene rings is 2. The zero-order chi connectivity index (χ0) is 39.1. The third-order valence-corrected chi connectivity index (χ3v) is 12.7. The van der Waals surface area contributed by atoms with Crippen LogP contribution in [0.5, 0.6) is 5.75 Å². The number of anilines is 3. The molecule has 3 amide bonds. The van der Waals surface area contributed by atoms with Crippen LogP contribution in [-0.4, -0.2) is 139 Å². The zero-order valence-electron chi connectivity index (χ0n) is 32.6. The van der Waals surface area contributed by atoms with Gasteiger partial charge in [0.1, 0.15) is 18.1 Å². The van der Waals surface area contributed by atoms with Crippen molar-refractivity contribution in [2.24, 2.45) is 17.8 Å². The van der Waals surface area contributed by atoms with E-state index in [1.807, 2.05) is 30.3 Å². The highest BCUT2D eigenvalue weighted by molar-refractivity contribution is 6.23. The van der Waals surface area contributed by atoms with Gasteiger partial charge in [0.25, 0.3) is 11.8 Å². The minimum absolute atomic E-state index is 0.0991. The predicted molar refractivity (Wildman–Crippen MR) is 214 cm³/mol. The first-order valence-corrected chi connectivity index (χ1v) is 20.1. The smallest absolute Gasteiger partial charge is 0.262 e. The lowest BCUT2D eigenvalue weighted by molar-refractivity contribution is -0.124. The van der Waals surface area contributed by atoms with Crippen molar-refractivity contribution in [3.63, 3.8) is 0 Å². The Morgan fingerprint density at radius 2 is 1.75 bits per heavy atom. The lowest BCUT2D eigenvalue weighted by Crippen LogP contribution is -2.56. The molecule has 0 bridgehead atoms. The van der Waals surface area contributed by atoms with E-state index in [0.29, 0.717) is 46.7 Å². The molecule has 2 aromatic carbocycles. The average molecular weight is 764 g/mol. The summed E-state index contributed by atoms with van der Waals surface area (Å²) < 4.78 is 0. The lowest BCUT2D eigenvalue weighted by Gasteiger charge is -2.44.